The van der Waals surface area contributed by atoms with E-state index in [4.69, 9.17) is 0 Å². The fourth-order valence-corrected chi connectivity index (χ4v) is 4.28. The van der Waals surface area contributed by atoms with Crippen LogP contribution in [0, 0.1) is 5.92 Å². The molecule has 1 saturated carbocycles. The third-order valence-electron chi connectivity index (χ3n) is 4.60. The van der Waals surface area contributed by atoms with E-state index in [1.165, 1.54) is 49.7 Å². The van der Waals surface area contributed by atoms with Gasteiger partial charge in [0.2, 0.25) is 0 Å². The van der Waals surface area contributed by atoms with E-state index >= 15 is 0 Å². The Labute approximate surface area is 127 Å². The van der Waals surface area contributed by atoms with Gasteiger partial charge in [0.05, 0.1) is 0 Å². The van der Waals surface area contributed by atoms with Crippen molar-refractivity contribution in [3.8, 4) is 0 Å². The van der Waals surface area contributed by atoms with Crippen LogP contribution in [-0.2, 0) is 12.8 Å². The summed E-state index contributed by atoms with van der Waals surface area (Å²) in [5.41, 5.74) is 4.54. The van der Waals surface area contributed by atoms with Crippen molar-refractivity contribution in [2.24, 2.45) is 5.92 Å². The maximum atomic E-state index is 3.98. The molecular weight excluding hydrogens is 296 g/mol. The number of rotatable bonds is 5. The van der Waals surface area contributed by atoms with Crippen molar-refractivity contribution in [3.63, 3.8) is 0 Å². The highest BCUT2D eigenvalue weighted by Gasteiger charge is 2.20. The molecule has 0 saturated heterocycles. The van der Waals surface area contributed by atoms with E-state index in [-0.39, 0.29) is 0 Å². The van der Waals surface area contributed by atoms with Gasteiger partial charge >= 0.3 is 0 Å². The van der Waals surface area contributed by atoms with E-state index in [9.17, 15) is 0 Å². The summed E-state index contributed by atoms with van der Waals surface area (Å²) in [7, 11) is 0. The minimum absolute atomic E-state index is 0.553. The molecule has 1 fully saturated rings. The van der Waals surface area contributed by atoms with Gasteiger partial charge in [0.15, 0.2) is 0 Å². The fraction of sp³-hybridized carbons (Fsp3) is 0.667. The van der Waals surface area contributed by atoms with Crippen LogP contribution in [0.4, 0.5) is 0 Å². The second-order valence-corrected chi connectivity index (χ2v) is 7.05. The molecule has 1 atom stereocenters. The third kappa shape index (κ3) is 4.08. The van der Waals surface area contributed by atoms with Crippen molar-refractivity contribution >= 4 is 15.9 Å². The van der Waals surface area contributed by atoms with Gasteiger partial charge in [-0.1, -0.05) is 80.1 Å². The van der Waals surface area contributed by atoms with Crippen LogP contribution < -0.4 is 0 Å². The fourth-order valence-electron chi connectivity index (χ4n) is 3.32. The summed E-state index contributed by atoms with van der Waals surface area (Å²) in [5, 5.41) is 0. The lowest BCUT2D eigenvalue weighted by Crippen LogP contribution is -2.09. The lowest BCUT2D eigenvalue weighted by Gasteiger charge is -2.25. The van der Waals surface area contributed by atoms with E-state index < -0.39 is 0 Å². The molecule has 1 heteroatoms. The summed E-state index contributed by atoms with van der Waals surface area (Å²) in [6.07, 6.45) is 10.8. The quantitative estimate of drug-likeness (QED) is 0.564. The molecule has 0 aliphatic heterocycles. The molecule has 0 nitrogen and oxygen atoms in total. The largest absolute Gasteiger partial charge is 0.0839 e. The Hall–Kier alpha value is -0.300. The smallest absolute Gasteiger partial charge is 0.0400 e. The maximum absolute atomic E-state index is 3.98. The highest BCUT2D eigenvalue weighted by atomic mass is 79.9. The van der Waals surface area contributed by atoms with E-state index in [0.29, 0.717) is 4.83 Å². The Morgan fingerprint density at radius 1 is 1.11 bits per heavy atom. The predicted octanol–water partition coefficient (Wildman–Crippen LogP) is 6.22. The number of hydrogen-bond acceptors (Lipinski definition) is 0. The molecule has 0 bridgehead atoms. The summed E-state index contributed by atoms with van der Waals surface area (Å²) in [6.45, 7) is 4.51. The van der Waals surface area contributed by atoms with Crippen LogP contribution in [0.25, 0.3) is 0 Å². The van der Waals surface area contributed by atoms with E-state index in [0.717, 1.165) is 18.8 Å². The highest BCUT2D eigenvalue weighted by molar-refractivity contribution is 9.09. The lowest BCUT2D eigenvalue weighted by atomic mass is 9.84. The van der Waals surface area contributed by atoms with Crippen LogP contribution in [0.1, 0.15) is 73.9 Å². The molecule has 1 aliphatic carbocycles. The van der Waals surface area contributed by atoms with Gasteiger partial charge in [-0.2, -0.15) is 0 Å². The first kappa shape index (κ1) is 15.1. The van der Waals surface area contributed by atoms with Gasteiger partial charge in [-0.05, 0) is 41.9 Å². The van der Waals surface area contributed by atoms with Gasteiger partial charge in [-0.15, -0.1) is 0 Å². The second-order valence-electron chi connectivity index (χ2n) is 5.95. The molecule has 0 amide bonds. The number of hydrogen-bond donors (Lipinski definition) is 0. The minimum atomic E-state index is 0.553. The van der Waals surface area contributed by atoms with Crippen molar-refractivity contribution in [2.75, 3.05) is 0 Å². The Morgan fingerprint density at radius 3 is 2.47 bits per heavy atom. The van der Waals surface area contributed by atoms with E-state index in [2.05, 4.69) is 48.0 Å². The molecule has 0 N–H and O–H groups in total. The lowest BCUT2D eigenvalue weighted by molar-refractivity contribution is 0.338. The van der Waals surface area contributed by atoms with Crippen LogP contribution >= 0.6 is 15.9 Å². The summed E-state index contributed by atoms with van der Waals surface area (Å²) < 4.78 is 0. The van der Waals surface area contributed by atoms with Crippen molar-refractivity contribution in [1.82, 2.24) is 0 Å². The molecule has 0 heterocycles. The van der Waals surface area contributed by atoms with Gasteiger partial charge < -0.3 is 0 Å². The first-order valence-electron chi connectivity index (χ1n) is 8.00. The summed E-state index contributed by atoms with van der Waals surface area (Å²) in [6, 6.07) is 7.06. The molecule has 19 heavy (non-hydrogen) atoms. The van der Waals surface area contributed by atoms with Crippen molar-refractivity contribution in [2.45, 2.75) is 70.0 Å². The monoisotopic (exact) mass is 322 g/mol. The number of aryl methyl sites for hydroxylation is 2. The van der Waals surface area contributed by atoms with Crippen LogP contribution in [0.2, 0.25) is 0 Å². The van der Waals surface area contributed by atoms with Crippen molar-refractivity contribution in [3.05, 3.63) is 34.9 Å². The first-order chi connectivity index (χ1) is 9.24. The van der Waals surface area contributed by atoms with Gasteiger partial charge in [-0.25, -0.2) is 0 Å². The highest BCUT2D eigenvalue weighted by Crippen LogP contribution is 2.38. The average Bonchev–Trinajstić information content (AvgIpc) is 2.47. The molecule has 0 aromatic heterocycles. The van der Waals surface area contributed by atoms with Gasteiger partial charge in [0.1, 0.15) is 0 Å². The number of halogens is 1. The zero-order chi connectivity index (χ0) is 13.7. The standard InChI is InChI=1S/C18H27Br/c1-3-14-10-11-16(4-2)17(12-14)18(19)13-15-8-6-5-7-9-15/h10-12,15,18H,3-9,13H2,1-2H3. The summed E-state index contributed by atoms with van der Waals surface area (Å²) in [5.74, 6) is 0.938. The van der Waals surface area contributed by atoms with Crippen LogP contribution in [-0.4, -0.2) is 0 Å². The third-order valence-corrected chi connectivity index (χ3v) is 5.47. The molecule has 0 radical (unpaired) electrons. The van der Waals surface area contributed by atoms with Gasteiger partial charge in [-0.3, -0.25) is 0 Å². The molecule has 1 aromatic carbocycles. The number of benzene rings is 1. The molecule has 1 unspecified atom stereocenters. The Balaban J connectivity index is 2.09. The van der Waals surface area contributed by atoms with Crippen LogP contribution in [0.5, 0.6) is 0 Å². The summed E-state index contributed by atoms with van der Waals surface area (Å²) in [4.78, 5) is 0.553. The molecular formula is C18H27Br. The molecule has 106 valence electrons. The zero-order valence-corrected chi connectivity index (χ0v) is 14.0. The van der Waals surface area contributed by atoms with Gasteiger partial charge in [0, 0.05) is 4.83 Å². The summed E-state index contributed by atoms with van der Waals surface area (Å²) >= 11 is 3.98. The van der Waals surface area contributed by atoms with E-state index in [1.807, 2.05) is 0 Å². The zero-order valence-electron chi connectivity index (χ0n) is 12.4. The first-order valence-corrected chi connectivity index (χ1v) is 8.91. The molecule has 2 rings (SSSR count). The second kappa shape index (κ2) is 7.47. The Morgan fingerprint density at radius 2 is 1.84 bits per heavy atom. The SMILES string of the molecule is CCc1ccc(CC)c(C(Br)CC2CCCCC2)c1. The normalized spacial score (nSPS) is 18.5. The maximum Gasteiger partial charge on any atom is 0.0400 e. The Kier molecular flexibility index (Phi) is 5.94. The minimum Gasteiger partial charge on any atom is -0.0839 e. The number of alkyl halides is 1. The van der Waals surface area contributed by atoms with E-state index in [1.54, 1.807) is 5.56 Å². The van der Waals surface area contributed by atoms with Gasteiger partial charge in [0.25, 0.3) is 0 Å². The molecule has 1 aliphatic rings. The van der Waals surface area contributed by atoms with Crippen LogP contribution in [0.15, 0.2) is 18.2 Å². The van der Waals surface area contributed by atoms with Crippen molar-refractivity contribution in [1.29, 1.82) is 0 Å². The van der Waals surface area contributed by atoms with Crippen molar-refractivity contribution < 1.29 is 0 Å². The topological polar surface area (TPSA) is 0 Å². The molecule has 0 spiro atoms. The molecule has 1 aromatic rings. The van der Waals surface area contributed by atoms with Crippen LogP contribution in [0.3, 0.4) is 0 Å². The predicted molar refractivity (Wildman–Crippen MR) is 88.1 cm³/mol. The Bertz CT molecular complexity index is 391. The average molecular weight is 323 g/mol.